The summed E-state index contributed by atoms with van der Waals surface area (Å²) >= 11 is 0. The Kier molecular flexibility index (Phi) is 4.66. The predicted molar refractivity (Wildman–Crippen MR) is 91.5 cm³/mol. The van der Waals surface area contributed by atoms with Crippen molar-refractivity contribution in [3.63, 3.8) is 0 Å². The summed E-state index contributed by atoms with van der Waals surface area (Å²) in [6.07, 6.45) is 0. The van der Waals surface area contributed by atoms with E-state index in [1.165, 1.54) is 5.56 Å². The molecule has 1 aliphatic heterocycles. The molecule has 1 saturated heterocycles. The van der Waals surface area contributed by atoms with Gasteiger partial charge in [-0.2, -0.15) is 0 Å². The number of rotatable bonds is 3. The number of hydrogen-bond donors (Lipinski definition) is 0. The van der Waals surface area contributed by atoms with Crippen LogP contribution in [0.25, 0.3) is 5.69 Å². The number of morpholine rings is 1. The highest BCUT2D eigenvalue weighted by molar-refractivity contribution is 5.94. The van der Waals surface area contributed by atoms with Crippen LogP contribution in [0.4, 0.5) is 0 Å². The summed E-state index contributed by atoms with van der Waals surface area (Å²) in [5.41, 5.74) is 3.40. The summed E-state index contributed by atoms with van der Waals surface area (Å²) < 4.78 is 7.21. The zero-order valence-corrected chi connectivity index (χ0v) is 14.7. The molecule has 0 N–H and O–H groups in total. The van der Waals surface area contributed by atoms with Crippen molar-refractivity contribution in [2.75, 3.05) is 19.8 Å². The highest BCUT2D eigenvalue weighted by Crippen LogP contribution is 2.24. The van der Waals surface area contributed by atoms with Crippen LogP contribution in [0.15, 0.2) is 24.3 Å². The molecule has 6 heteroatoms. The number of benzene rings is 1. The Balaban J connectivity index is 2.00. The molecule has 0 spiro atoms. The summed E-state index contributed by atoms with van der Waals surface area (Å²) in [6, 6.07) is 8.12. The molecular weight excluding hydrogens is 304 g/mol. The Labute approximate surface area is 142 Å². The third-order valence-corrected chi connectivity index (χ3v) is 4.36. The van der Waals surface area contributed by atoms with Gasteiger partial charge in [0.15, 0.2) is 5.69 Å². The summed E-state index contributed by atoms with van der Waals surface area (Å²) in [5.74, 6) is 0.0736. The first-order chi connectivity index (χ1) is 11.5. The van der Waals surface area contributed by atoms with Gasteiger partial charge < -0.3 is 9.64 Å². The number of carbonyl (C=O) groups is 1. The topological polar surface area (TPSA) is 60.2 Å². The van der Waals surface area contributed by atoms with Crippen LogP contribution in [0.2, 0.25) is 0 Å². The second-order valence-corrected chi connectivity index (χ2v) is 6.65. The van der Waals surface area contributed by atoms with Crippen molar-refractivity contribution in [2.45, 2.75) is 39.7 Å². The van der Waals surface area contributed by atoms with E-state index in [0.717, 1.165) is 11.4 Å². The van der Waals surface area contributed by atoms with E-state index in [1.54, 1.807) is 4.68 Å². The summed E-state index contributed by atoms with van der Waals surface area (Å²) in [5, 5.41) is 8.49. The van der Waals surface area contributed by atoms with Gasteiger partial charge in [-0.15, -0.1) is 5.10 Å². The lowest BCUT2D eigenvalue weighted by Crippen LogP contribution is -2.47. The highest BCUT2D eigenvalue weighted by atomic mass is 16.5. The lowest BCUT2D eigenvalue weighted by Gasteiger charge is -2.33. The number of carbonyl (C=O) groups excluding carboxylic acids is 1. The molecule has 0 bridgehead atoms. The number of hydrogen-bond acceptors (Lipinski definition) is 4. The third kappa shape index (κ3) is 3.06. The molecule has 1 fully saturated rings. The number of amides is 1. The minimum atomic E-state index is -0.0622. The zero-order valence-electron chi connectivity index (χ0n) is 14.7. The average molecular weight is 328 g/mol. The van der Waals surface area contributed by atoms with E-state index in [4.69, 9.17) is 4.74 Å². The minimum Gasteiger partial charge on any atom is -0.377 e. The molecule has 128 valence electrons. The monoisotopic (exact) mass is 328 g/mol. The molecule has 0 aliphatic carbocycles. The fourth-order valence-electron chi connectivity index (χ4n) is 3.00. The fourth-order valence-corrected chi connectivity index (χ4v) is 3.00. The average Bonchev–Trinajstić information content (AvgIpc) is 3.00. The molecule has 1 aromatic carbocycles. The Bertz CT molecular complexity index is 721. The second kappa shape index (κ2) is 6.73. The minimum absolute atomic E-state index is 0.0517. The van der Waals surface area contributed by atoms with Gasteiger partial charge in [0.05, 0.1) is 30.6 Å². The van der Waals surface area contributed by atoms with E-state index in [2.05, 4.69) is 24.2 Å². The molecule has 3 rings (SSSR count). The molecule has 24 heavy (non-hydrogen) atoms. The Morgan fingerprint density at radius 3 is 2.62 bits per heavy atom. The van der Waals surface area contributed by atoms with Crippen LogP contribution in [0.3, 0.4) is 0 Å². The summed E-state index contributed by atoms with van der Waals surface area (Å²) in [6.45, 7) is 9.88. The van der Waals surface area contributed by atoms with Gasteiger partial charge in [-0.25, -0.2) is 4.68 Å². The Hall–Kier alpha value is -2.21. The molecular formula is C18H24N4O2. The molecule has 2 heterocycles. The number of aromatic nitrogens is 3. The molecule has 6 nitrogen and oxygen atoms in total. The molecule has 1 atom stereocenters. The number of ether oxygens (including phenoxy) is 1. The van der Waals surface area contributed by atoms with Crippen LogP contribution in [-0.4, -0.2) is 51.6 Å². The Morgan fingerprint density at radius 1 is 1.29 bits per heavy atom. The van der Waals surface area contributed by atoms with Gasteiger partial charge in [0.25, 0.3) is 5.91 Å². The predicted octanol–water partition coefficient (Wildman–Crippen LogP) is 2.56. The third-order valence-electron chi connectivity index (χ3n) is 4.36. The molecule has 0 saturated carbocycles. The van der Waals surface area contributed by atoms with Crippen LogP contribution in [-0.2, 0) is 4.74 Å². The van der Waals surface area contributed by atoms with Gasteiger partial charge in [-0.1, -0.05) is 36.8 Å². The molecule has 0 radical (unpaired) electrons. The molecule has 1 amide bonds. The van der Waals surface area contributed by atoms with Crippen molar-refractivity contribution in [2.24, 2.45) is 0 Å². The van der Waals surface area contributed by atoms with Gasteiger partial charge >= 0.3 is 0 Å². The van der Waals surface area contributed by atoms with Crippen molar-refractivity contribution >= 4 is 5.91 Å². The van der Waals surface area contributed by atoms with Gasteiger partial charge in [0, 0.05) is 6.54 Å². The quantitative estimate of drug-likeness (QED) is 0.869. The van der Waals surface area contributed by atoms with Gasteiger partial charge in [0.2, 0.25) is 0 Å². The second-order valence-electron chi connectivity index (χ2n) is 6.65. The summed E-state index contributed by atoms with van der Waals surface area (Å²) in [7, 11) is 0. The standard InChI is InChI=1S/C18H24N4O2/c1-12(2)17-16(18(23)21-9-10-24-11-14(21)4)19-20-22(17)15-7-5-13(3)6-8-15/h5-8,12,14H,9-11H2,1-4H3/t14-/m0/s1. The van der Waals surface area contributed by atoms with Crippen molar-refractivity contribution in [1.29, 1.82) is 0 Å². The van der Waals surface area contributed by atoms with Gasteiger partial charge in [-0.3, -0.25) is 4.79 Å². The normalized spacial score (nSPS) is 18.2. The maximum atomic E-state index is 13.0. The van der Waals surface area contributed by atoms with E-state index >= 15 is 0 Å². The van der Waals surface area contributed by atoms with E-state index in [9.17, 15) is 4.79 Å². The van der Waals surface area contributed by atoms with Crippen LogP contribution in [0.1, 0.15) is 48.4 Å². The van der Waals surface area contributed by atoms with Crippen molar-refractivity contribution in [1.82, 2.24) is 19.9 Å². The zero-order chi connectivity index (χ0) is 17.3. The molecule has 0 unspecified atom stereocenters. The fraction of sp³-hybridized carbons (Fsp3) is 0.500. The number of nitrogens with zero attached hydrogens (tertiary/aromatic N) is 4. The van der Waals surface area contributed by atoms with Crippen LogP contribution < -0.4 is 0 Å². The maximum Gasteiger partial charge on any atom is 0.276 e. The smallest absolute Gasteiger partial charge is 0.276 e. The molecule has 2 aromatic rings. The van der Waals surface area contributed by atoms with E-state index in [0.29, 0.717) is 25.5 Å². The highest BCUT2D eigenvalue weighted by Gasteiger charge is 2.30. The lowest BCUT2D eigenvalue weighted by molar-refractivity contribution is 0.00318. The van der Waals surface area contributed by atoms with Crippen LogP contribution in [0.5, 0.6) is 0 Å². The van der Waals surface area contributed by atoms with Gasteiger partial charge in [-0.05, 0) is 31.9 Å². The van der Waals surface area contributed by atoms with E-state index in [1.807, 2.05) is 43.0 Å². The largest absolute Gasteiger partial charge is 0.377 e. The molecule has 1 aliphatic rings. The number of aryl methyl sites for hydroxylation is 1. The SMILES string of the molecule is Cc1ccc(-n2nnc(C(=O)N3CCOC[C@@H]3C)c2C(C)C)cc1. The maximum absolute atomic E-state index is 13.0. The summed E-state index contributed by atoms with van der Waals surface area (Å²) in [4.78, 5) is 14.8. The van der Waals surface area contributed by atoms with Crippen molar-refractivity contribution in [3.8, 4) is 5.69 Å². The lowest BCUT2D eigenvalue weighted by atomic mass is 10.1. The van der Waals surface area contributed by atoms with Crippen LogP contribution in [0, 0.1) is 6.92 Å². The van der Waals surface area contributed by atoms with E-state index in [-0.39, 0.29) is 17.9 Å². The van der Waals surface area contributed by atoms with Crippen LogP contribution >= 0.6 is 0 Å². The first-order valence-corrected chi connectivity index (χ1v) is 8.40. The first kappa shape index (κ1) is 16.6. The van der Waals surface area contributed by atoms with Gasteiger partial charge in [0.1, 0.15) is 0 Å². The molecule has 1 aromatic heterocycles. The van der Waals surface area contributed by atoms with Crippen molar-refractivity contribution < 1.29 is 9.53 Å². The van der Waals surface area contributed by atoms with E-state index < -0.39 is 0 Å². The first-order valence-electron chi connectivity index (χ1n) is 8.40. The van der Waals surface area contributed by atoms with Crippen molar-refractivity contribution in [3.05, 3.63) is 41.2 Å². The Morgan fingerprint density at radius 2 is 2.00 bits per heavy atom.